The Bertz CT molecular complexity index is 318. The van der Waals surface area contributed by atoms with Crippen LogP contribution in [0.25, 0.3) is 0 Å². The maximum atomic E-state index is 5.04. The molecule has 2 nitrogen and oxygen atoms in total. The lowest BCUT2D eigenvalue weighted by atomic mass is 10.0. The first-order valence-electron chi connectivity index (χ1n) is 4.73. The van der Waals surface area contributed by atoms with Crippen LogP contribution < -0.4 is 4.89 Å². The van der Waals surface area contributed by atoms with Gasteiger partial charge in [-0.3, -0.25) is 0 Å². The van der Waals surface area contributed by atoms with Crippen LogP contribution >= 0.6 is 0 Å². The van der Waals surface area contributed by atoms with Crippen molar-refractivity contribution in [2.45, 2.75) is 33.3 Å². The van der Waals surface area contributed by atoms with Crippen molar-refractivity contribution < 1.29 is 9.78 Å². The van der Waals surface area contributed by atoms with Gasteiger partial charge < -0.3 is 4.89 Å². The van der Waals surface area contributed by atoms with Crippen molar-refractivity contribution in [2.75, 3.05) is 0 Å². The second kappa shape index (κ2) is 3.38. The van der Waals surface area contributed by atoms with Gasteiger partial charge in [-0.25, -0.2) is 0 Å². The molecule has 0 N–H and O–H groups in total. The summed E-state index contributed by atoms with van der Waals surface area (Å²) in [5.41, 5.74) is 3.87. The Labute approximate surface area is 78.4 Å². The molecule has 0 saturated carbocycles. The number of benzene rings is 1. The van der Waals surface area contributed by atoms with Gasteiger partial charge in [-0.2, -0.15) is 4.89 Å². The molecule has 0 saturated heterocycles. The molecule has 1 aromatic rings. The topological polar surface area (TPSA) is 18.5 Å². The molecule has 2 heteroatoms. The van der Waals surface area contributed by atoms with Gasteiger partial charge in [0.2, 0.25) is 0 Å². The molecule has 0 fully saturated rings. The summed E-state index contributed by atoms with van der Waals surface area (Å²) in [6, 6.07) is 4.26. The van der Waals surface area contributed by atoms with Gasteiger partial charge in [-0.05, 0) is 36.6 Å². The quantitative estimate of drug-likeness (QED) is 0.648. The fourth-order valence-electron chi connectivity index (χ4n) is 1.68. The molecular formula is C11H14O2. The molecule has 0 bridgehead atoms. The maximum absolute atomic E-state index is 5.04. The number of hydrogen-bond acceptors (Lipinski definition) is 2. The molecule has 1 aliphatic heterocycles. The van der Waals surface area contributed by atoms with Crippen molar-refractivity contribution in [2.24, 2.45) is 0 Å². The Kier molecular flexibility index (Phi) is 2.23. The van der Waals surface area contributed by atoms with E-state index in [1.807, 2.05) is 0 Å². The van der Waals surface area contributed by atoms with Crippen LogP contribution in [0.2, 0.25) is 0 Å². The molecule has 1 aliphatic rings. The van der Waals surface area contributed by atoms with Crippen molar-refractivity contribution in [1.82, 2.24) is 0 Å². The molecule has 0 spiro atoms. The fraction of sp³-hybridized carbons (Fsp3) is 0.455. The molecule has 0 unspecified atom stereocenters. The summed E-state index contributed by atoms with van der Waals surface area (Å²) in [4.78, 5) is 9.94. The highest BCUT2D eigenvalue weighted by Crippen LogP contribution is 2.29. The number of fused-ring (bicyclic) bond motifs is 1. The smallest absolute Gasteiger partial charge is 0.171 e. The average Bonchev–Trinajstić information content (AvgIpc) is 2.52. The zero-order valence-corrected chi connectivity index (χ0v) is 8.09. The van der Waals surface area contributed by atoms with E-state index in [0.717, 1.165) is 17.7 Å². The highest BCUT2D eigenvalue weighted by atomic mass is 17.2. The first-order valence-corrected chi connectivity index (χ1v) is 4.73. The Hall–Kier alpha value is -1.02. The fourth-order valence-corrected chi connectivity index (χ4v) is 1.68. The van der Waals surface area contributed by atoms with E-state index in [1.165, 1.54) is 17.5 Å². The van der Waals surface area contributed by atoms with Crippen LogP contribution in [0, 0.1) is 6.92 Å². The standard InChI is InChI=1S/C11H14O2/c1-3-4-9-6-11-10(5-8(9)2)7-12-13-11/h5-6H,3-4,7H2,1-2H3. The number of aryl methyl sites for hydroxylation is 2. The Morgan fingerprint density at radius 3 is 3.00 bits per heavy atom. The third-order valence-electron chi connectivity index (χ3n) is 2.40. The van der Waals surface area contributed by atoms with E-state index in [2.05, 4.69) is 26.0 Å². The molecule has 0 aromatic heterocycles. The van der Waals surface area contributed by atoms with E-state index in [-0.39, 0.29) is 0 Å². The van der Waals surface area contributed by atoms with E-state index in [1.54, 1.807) is 0 Å². The van der Waals surface area contributed by atoms with Crippen LogP contribution in [0.5, 0.6) is 5.75 Å². The van der Waals surface area contributed by atoms with Gasteiger partial charge in [0.15, 0.2) is 5.75 Å². The van der Waals surface area contributed by atoms with Crippen LogP contribution in [0.4, 0.5) is 0 Å². The lowest BCUT2D eigenvalue weighted by Gasteiger charge is -2.05. The average molecular weight is 178 g/mol. The van der Waals surface area contributed by atoms with Crippen molar-refractivity contribution in [3.05, 3.63) is 28.8 Å². The van der Waals surface area contributed by atoms with Crippen LogP contribution in [0.1, 0.15) is 30.0 Å². The summed E-state index contributed by atoms with van der Waals surface area (Å²) in [7, 11) is 0. The highest BCUT2D eigenvalue weighted by Gasteiger charge is 2.15. The van der Waals surface area contributed by atoms with Gasteiger partial charge >= 0.3 is 0 Å². The monoisotopic (exact) mass is 178 g/mol. The molecule has 70 valence electrons. The zero-order chi connectivity index (χ0) is 9.26. The summed E-state index contributed by atoms with van der Waals surface area (Å²) in [6.45, 7) is 4.91. The minimum atomic E-state index is 0.586. The predicted octanol–water partition coefficient (Wildman–Crippen LogP) is 2.77. The SMILES string of the molecule is CCCc1cc2c(cc1C)COO2. The van der Waals surface area contributed by atoms with E-state index in [9.17, 15) is 0 Å². The molecule has 13 heavy (non-hydrogen) atoms. The third kappa shape index (κ3) is 1.54. The molecule has 0 radical (unpaired) electrons. The minimum Gasteiger partial charge on any atom is -0.337 e. The van der Waals surface area contributed by atoms with Crippen molar-refractivity contribution in [3.63, 3.8) is 0 Å². The van der Waals surface area contributed by atoms with Crippen LogP contribution in [-0.2, 0) is 17.9 Å². The van der Waals surface area contributed by atoms with Gasteiger partial charge in [0.05, 0.1) is 0 Å². The van der Waals surface area contributed by atoms with Gasteiger partial charge in [0.25, 0.3) is 0 Å². The van der Waals surface area contributed by atoms with E-state index in [4.69, 9.17) is 9.78 Å². The van der Waals surface area contributed by atoms with Crippen LogP contribution in [-0.4, -0.2) is 0 Å². The molecule has 0 atom stereocenters. The molecule has 1 aromatic carbocycles. The number of rotatable bonds is 2. The highest BCUT2D eigenvalue weighted by molar-refractivity contribution is 5.42. The summed E-state index contributed by atoms with van der Waals surface area (Å²) in [6.07, 6.45) is 2.28. The summed E-state index contributed by atoms with van der Waals surface area (Å²) in [5.74, 6) is 0.897. The molecule has 0 aliphatic carbocycles. The molecule has 1 heterocycles. The summed E-state index contributed by atoms with van der Waals surface area (Å²) < 4.78 is 0. The Morgan fingerprint density at radius 1 is 1.38 bits per heavy atom. The maximum Gasteiger partial charge on any atom is 0.171 e. The molecule has 2 rings (SSSR count). The van der Waals surface area contributed by atoms with E-state index in [0.29, 0.717) is 6.61 Å². The van der Waals surface area contributed by atoms with Crippen LogP contribution in [0.15, 0.2) is 12.1 Å². The van der Waals surface area contributed by atoms with Crippen LogP contribution in [0.3, 0.4) is 0 Å². The van der Waals surface area contributed by atoms with Gasteiger partial charge in [0.1, 0.15) is 6.61 Å². The predicted molar refractivity (Wildman–Crippen MR) is 50.6 cm³/mol. The number of hydrogen-bond donors (Lipinski definition) is 0. The van der Waals surface area contributed by atoms with Crippen molar-refractivity contribution in [3.8, 4) is 5.75 Å². The minimum absolute atomic E-state index is 0.586. The molecular weight excluding hydrogens is 164 g/mol. The van der Waals surface area contributed by atoms with E-state index < -0.39 is 0 Å². The normalized spacial score (nSPS) is 14.0. The van der Waals surface area contributed by atoms with Crippen molar-refractivity contribution in [1.29, 1.82) is 0 Å². The Morgan fingerprint density at radius 2 is 2.23 bits per heavy atom. The first kappa shape index (κ1) is 8.57. The van der Waals surface area contributed by atoms with Gasteiger partial charge in [-0.1, -0.05) is 13.3 Å². The van der Waals surface area contributed by atoms with Gasteiger partial charge in [-0.15, -0.1) is 0 Å². The van der Waals surface area contributed by atoms with E-state index >= 15 is 0 Å². The summed E-state index contributed by atoms with van der Waals surface area (Å²) >= 11 is 0. The van der Waals surface area contributed by atoms with Gasteiger partial charge in [0, 0.05) is 5.56 Å². The zero-order valence-electron chi connectivity index (χ0n) is 8.09. The first-order chi connectivity index (χ1) is 6.31. The largest absolute Gasteiger partial charge is 0.337 e. The summed E-state index contributed by atoms with van der Waals surface area (Å²) in [5, 5.41) is 0. The van der Waals surface area contributed by atoms with Crippen molar-refractivity contribution >= 4 is 0 Å². The Balaban J connectivity index is 2.37. The molecule has 0 amide bonds. The second-order valence-corrected chi connectivity index (χ2v) is 3.48. The second-order valence-electron chi connectivity index (χ2n) is 3.48. The lowest BCUT2D eigenvalue weighted by molar-refractivity contribution is -0.194. The lowest BCUT2D eigenvalue weighted by Crippen LogP contribution is -1.90. The third-order valence-corrected chi connectivity index (χ3v) is 2.40.